The van der Waals surface area contributed by atoms with Crippen LogP contribution < -0.4 is 16.0 Å². The Kier molecular flexibility index (Phi) is 3.55. The molecule has 0 radical (unpaired) electrons. The lowest BCUT2D eigenvalue weighted by molar-refractivity contribution is 0.0920. The number of dihydropyridines is 1. The molecule has 0 fully saturated rings. The van der Waals surface area contributed by atoms with Gasteiger partial charge in [-0.1, -0.05) is 6.08 Å². The van der Waals surface area contributed by atoms with E-state index in [4.69, 9.17) is 0 Å². The first kappa shape index (κ1) is 13.9. The largest absolute Gasteiger partial charge is 0.387 e. The Bertz CT molecular complexity index is 588. The smallest absolute Gasteiger partial charge is 0.272 e. The summed E-state index contributed by atoms with van der Waals surface area (Å²) in [6.07, 6.45) is 7.83. The molecule has 112 valence electrons. The molecule has 0 aliphatic carbocycles. The molecule has 2 aliphatic rings. The summed E-state index contributed by atoms with van der Waals surface area (Å²) in [4.78, 5) is 16.9. The molecule has 3 rings (SSSR count). The Balaban J connectivity index is 1.75. The number of nitrogens with zero attached hydrogens (tertiary/aromatic N) is 2. The van der Waals surface area contributed by atoms with Crippen molar-refractivity contribution in [2.24, 2.45) is 0 Å². The van der Waals surface area contributed by atoms with E-state index < -0.39 is 5.54 Å². The van der Waals surface area contributed by atoms with Crippen LogP contribution in [0.25, 0.3) is 0 Å². The van der Waals surface area contributed by atoms with Crippen LogP contribution in [0.4, 0.5) is 0 Å². The third-order valence-electron chi connectivity index (χ3n) is 3.87. The second kappa shape index (κ2) is 5.37. The van der Waals surface area contributed by atoms with Gasteiger partial charge in [0.25, 0.3) is 5.91 Å². The van der Waals surface area contributed by atoms with Gasteiger partial charge in [-0.05, 0) is 31.7 Å². The van der Waals surface area contributed by atoms with Crippen LogP contribution >= 0.6 is 0 Å². The van der Waals surface area contributed by atoms with Crippen molar-refractivity contribution >= 4 is 5.91 Å². The molecular weight excluding hydrogens is 266 g/mol. The monoisotopic (exact) mass is 287 g/mol. The van der Waals surface area contributed by atoms with Gasteiger partial charge in [0.05, 0.1) is 12.1 Å². The van der Waals surface area contributed by atoms with E-state index >= 15 is 0 Å². The van der Waals surface area contributed by atoms with Crippen molar-refractivity contribution in [3.05, 3.63) is 41.6 Å². The molecule has 0 bridgehead atoms. The Hall–Kier alpha value is -2.08. The topological polar surface area (TPSA) is 71.0 Å². The van der Waals surface area contributed by atoms with Crippen molar-refractivity contribution in [3.8, 4) is 0 Å². The minimum absolute atomic E-state index is 0.130. The lowest BCUT2D eigenvalue weighted by Gasteiger charge is -2.29. The number of rotatable bonds is 3. The number of carbonyl (C=O) groups excluding carboxylic acids is 1. The standard InChI is InChI=1S/C15H21N5O/c1-15(2,11-3-5-16-6-4-11)19-14(21)12-10-20-8-7-17-9-13(20)18-12/h3-5,10,16-17H,6-9H2,1-2H3,(H,19,21). The molecule has 1 aromatic heterocycles. The number of hydrogen-bond donors (Lipinski definition) is 3. The third kappa shape index (κ3) is 2.85. The molecule has 0 atom stereocenters. The Morgan fingerprint density at radius 3 is 3.05 bits per heavy atom. The number of imidazole rings is 1. The molecule has 3 heterocycles. The van der Waals surface area contributed by atoms with E-state index in [1.165, 1.54) is 0 Å². The zero-order valence-electron chi connectivity index (χ0n) is 12.4. The van der Waals surface area contributed by atoms with E-state index in [1.54, 1.807) is 0 Å². The summed E-state index contributed by atoms with van der Waals surface area (Å²) in [7, 11) is 0. The summed E-state index contributed by atoms with van der Waals surface area (Å²) in [6.45, 7) is 7.29. The molecule has 0 aromatic carbocycles. The van der Waals surface area contributed by atoms with E-state index in [0.717, 1.165) is 37.6 Å². The second-order valence-electron chi connectivity index (χ2n) is 5.89. The Morgan fingerprint density at radius 2 is 2.33 bits per heavy atom. The second-order valence-corrected chi connectivity index (χ2v) is 5.89. The summed E-state index contributed by atoms with van der Waals surface area (Å²) in [5.41, 5.74) is 1.17. The summed E-state index contributed by atoms with van der Waals surface area (Å²) in [5.74, 6) is 0.792. The zero-order valence-corrected chi connectivity index (χ0v) is 12.4. The number of aromatic nitrogens is 2. The number of hydrogen-bond acceptors (Lipinski definition) is 4. The summed E-state index contributed by atoms with van der Waals surface area (Å²) in [6, 6.07) is 0. The first-order chi connectivity index (χ1) is 10.1. The molecule has 1 aromatic rings. The van der Waals surface area contributed by atoms with Gasteiger partial charge >= 0.3 is 0 Å². The van der Waals surface area contributed by atoms with Gasteiger partial charge in [0, 0.05) is 25.8 Å². The van der Waals surface area contributed by atoms with Crippen LogP contribution in [0.5, 0.6) is 0 Å². The predicted octanol–water partition coefficient (Wildman–Crippen LogP) is 0.538. The Morgan fingerprint density at radius 1 is 1.48 bits per heavy atom. The van der Waals surface area contributed by atoms with E-state index in [9.17, 15) is 4.79 Å². The summed E-state index contributed by atoms with van der Waals surface area (Å²) >= 11 is 0. The first-order valence-electron chi connectivity index (χ1n) is 7.26. The molecule has 2 aliphatic heterocycles. The van der Waals surface area contributed by atoms with Crippen LogP contribution in [0.15, 0.2) is 30.1 Å². The van der Waals surface area contributed by atoms with Gasteiger partial charge in [0.1, 0.15) is 11.5 Å². The molecule has 6 heteroatoms. The van der Waals surface area contributed by atoms with Crippen molar-refractivity contribution in [1.29, 1.82) is 0 Å². The molecule has 3 N–H and O–H groups in total. The number of fused-ring (bicyclic) bond motifs is 1. The minimum Gasteiger partial charge on any atom is -0.387 e. The highest BCUT2D eigenvalue weighted by atomic mass is 16.2. The first-order valence-corrected chi connectivity index (χ1v) is 7.26. The summed E-state index contributed by atoms with van der Waals surface area (Å²) in [5, 5.41) is 9.43. The van der Waals surface area contributed by atoms with E-state index in [2.05, 4.69) is 27.0 Å². The average Bonchev–Trinajstić information content (AvgIpc) is 2.92. The van der Waals surface area contributed by atoms with Gasteiger partial charge in [0.15, 0.2) is 0 Å². The van der Waals surface area contributed by atoms with Crippen molar-refractivity contribution in [2.45, 2.75) is 32.5 Å². The minimum atomic E-state index is -0.419. The summed E-state index contributed by atoms with van der Waals surface area (Å²) < 4.78 is 2.04. The predicted molar refractivity (Wildman–Crippen MR) is 80.7 cm³/mol. The van der Waals surface area contributed by atoms with Crippen LogP contribution in [0, 0.1) is 0 Å². The van der Waals surface area contributed by atoms with Gasteiger partial charge < -0.3 is 20.5 Å². The highest BCUT2D eigenvalue weighted by molar-refractivity contribution is 5.93. The van der Waals surface area contributed by atoms with E-state index in [0.29, 0.717) is 5.69 Å². The molecule has 0 saturated heterocycles. The quantitative estimate of drug-likeness (QED) is 0.759. The number of carbonyl (C=O) groups is 1. The third-order valence-corrected chi connectivity index (χ3v) is 3.87. The van der Waals surface area contributed by atoms with Crippen molar-refractivity contribution in [1.82, 2.24) is 25.5 Å². The van der Waals surface area contributed by atoms with Gasteiger partial charge in [-0.15, -0.1) is 0 Å². The fourth-order valence-corrected chi connectivity index (χ4v) is 2.64. The lowest BCUT2D eigenvalue weighted by atomic mass is 9.92. The van der Waals surface area contributed by atoms with Crippen molar-refractivity contribution in [2.75, 3.05) is 13.1 Å². The highest BCUT2D eigenvalue weighted by Crippen LogP contribution is 2.19. The fourth-order valence-electron chi connectivity index (χ4n) is 2.64. The van der Waals surface area contributed by atoms with E-state index in [1.807, 2.05) is 36.9 Å². The SMILES string of the molecule is CC(C)(NC(=O)c1cn2c(n1)CNCC2)C1=CCNC=C1. The van der Waals surface area contributed by atoms with Crippen LogP contribution in [0.1, 0.15) is 30.2 Å². The van der Waals surface area contributed by atoms with Gasteiger partial charge in [0.2, 0.25) is 0 Å². The molecule has 0 unspecified atom stereocenters. The molecule has 21 heavy (non-hydrogen) atoms. The normalized spacial score (nSPS) is 17.7. The lowest BCUT2D eigenvalue weighted by Crippen LogP contribution is -2.45. The number of amides is 1. The number of nitrogens with one attached hydrogen (secondary N) is 3. The Labute approximate surface area is 124 Å². The zero-order chi connectivity index (χ0) is 14.9. The van der Waals surface area contributed by atoms with Gasteiger partial charge in [-0.2, -0.15) is 0 Å². The molecule has 0 spiro atoms. The van der Waals surface area contributed by atoms with Crippen molar-refractivity contribution < 1.29 is 4.79 Å². The van der Waals surface area contributed by atoms with Crippen LogP contribution in [-0.4, -0.2) is 34.1 Å². The van der Waals surface area contributed by atoms with Gasteiger partial charge in [-0.25, -0.2) is 4.98 Å². The van der Waals surface area contributed by atoms with Crippen LogP contribution in [-0.2, 0) is 13.1 Å². The highest BCUT2D eigenvalue weighted by Gasteiger charge is 2.26. The van der Waals surface area contributed by atoms with Gasteiger partial charge in [-0.3, -0.25) is 4.79 Å². The van der Waals surface area contributed by atoms with Crippen LogP contribution in [0.3, 0.4) is 0 Å². The maximum Gasteiger partial charge on any atom is 0.272 e. The van der Waals surface area contributed by atoms with E-state index in [-0.39, 0.29) is 5.91 Å². The maximum atomic E-state index is 12.4. The fraction of sp³-hybridized carbons (Fsp3) is 0.467. The van der Waals surface area contributed by atoms with Crippen LogP contribution in [0.2, 0.25) is 0 Å². The molecule has 0 saturated carbocycles. The molecular formula is C15H21N5O. The average molecular weight is 287 g/mol. The maximum absolute atomic E-state index is 12.4. The van der Waals surface area contributed by atoms with Crippen molar-refractivity contribution in [3.63, 3.8) is 0 Å². The molecule has 6 nitrogen and oxygen atoms in total. The molecule has 1 amide bonds.